The van der Waals surface area contributed by atoms with E-state index in [1.54, 1.807) is 12.3 Å². The Morgan fingerprint density at radius 3 is 2.68 bits per heavy atom. The van der Waals surface area contributed by atoms with Gasteiger partial charge >= 0.3 is 0 Å². The number of nitrogens with zero attached hydrogens (tertiary/aromatic N) is 1. The van der Waals surface area contributed by atoms with E-state index in [-0.39, 0.29) is 0 Å². The van der Waals surface area contributed by atoms with E-state index in [0.29, 0.717) is 29.1 Å². The number of aromatic nitrogens is 1. The smallest absolute Gasteiger partial charge is 0.213 e. The number of benzene rings is 1. The van der Waals surface area contributed by atoms with Crippen molar-refractivity contribution in [3.8, 4) is 5.88 Å². The van der Waals surface area contributed by atoms with Crippen molar-refractivity contribution in [3.63, 3.8) is 0 Å². The number of hydrogen-bond donors (Lipinski definition) is 1. The van der Waals surface area contributed by atoms with Gasteiger partial charge in [-0.1, -0.05) is 29.3 Å². The van der Waals surface area contributed by atoms with Gasteiger partial charge < -0.3 is 10.1 Å². The summed E-state index contributed by atoms with van der Waals surface area (Å²) < 4.78 is 5.28. The fourth-order valence-electron chi connectivity index (χ4n) is 1.58. The van der Waals surface area contributed by atoms with Gasteiger partial charge in [0.05, 0.1) is 18.5 Å². The Bertz CT molecular complexity index is 544. The molecule has 0 saturated heterocycles. The fourth-order valence-corrected chi connectivity index (χ4v) is 2.06. The normalized spacial score (nSPS) is 10.3. The molecule has 0 amide bonds. The highest BCUT2D eigenvalue weighted by atomic mass is 35.5. The van der Waals surface area contributed by atoms with Crippen LogP contribution in [0.15, 0.2) is 36.5 Å². The SMILES string of the molecule is CCOc1ccc(NCc2ccc(Cl)cc2Cl)cn1. The van der Waals surface area contributed by atoms with E-state index >= 15 is 0 Å². The van der Waals surface area contributed by atoms with Gasteiger partial charge in [0.25, 0.3) is 0 Å². The minimum atomic E-state index is 0.611. The summed E-state index contributed by atoms with van der Waals surface area (Å²) in [5, 5.41) is 4.53. The molecule has 0 fully saturated rings. The molecule has 1 heterocycles. The first kappa shape index (κ1) is 14.0. The van der Waals surface area contributed by atoms with Crippen LogP contribution >= 0.6 is 23.2 Å². The quantitative estimate of drug-likeness (QED) is 0.888. The van der Waals surface area contributed by atoms with Crippen LogP contribution in [0.1, 0.15) is 12.5 Å². The second-order valence-electron chi connectivity index (χ2n) is 3.91. The summed E-state index contributed by atoms with van der Waals surface area (Å²) in [4.78, 5) is 4.18. The fraction of sp³-hybridized carbons (Fsp3) is 0.214. The standard InChI is InChI=1S/C14H14Cl2N2O/c1-2-19-14-6-5-12(9-18-14)17-8-10-3-4-11(15)7-13(10)16/h3-7,9,17H,2,8H2,1H3. The average molecular weight is 297 g/mol. The molecule has 2 aromatic rings. The topological polar surface area (TPSA) is 34.1 Å². The predicted octanol–water partition coefficient (Wildman–Crippen LogP) is 4.40. The number of nitrogens with one attached hydrogen (secondary N) is 1. The van der Waals surface area contributed by atoms with Crippen LogP contribution in [0.5, 0.6) is 5.88 Å². The average Bonchev–Trinajstić information content (AvgIpc) is 2.40. The Labute approximate surface area is 122 Å². The lowest BCUT2D eigenvalue weighted by Gasteiger charge is -2.09. The molecule has 0 radical (unpaired) electrons. The van der Waals surface area contributed by atoms with Crippen molar-refractivity contribution in [2.24, 2.45) is 0 Å². The van der Waals surface area contributed by atoms with Gasteiger partial charge in [-0.15, -0.1) is 0 Å². The lowest BCUT2D eigenvalue weighted by Crippen LogP contribution is -2.01. The molecule has 0 unspecified atom stereocenters. The summed E-state index contributed by atoms with van der Waals surface area (Å²) in [6, 6.07) is 9.20. The summed E-state index contributed by atoms with van der Waals surface area (Å²) in [5.74, 6) is 0.623. The lowest BCUT2D eigenvalue weighted by atomic mass is 10.2. The first-order valence-corrected chi connectivity index (χ1v) is 6.71. The summed E-state index contributed by atoms with van der Waals surface area (Å²) in [6.07, 6.45) is 1.73. The van der Waals surface area contributed by atoms with Crippen LogP contribution in [0.2, 0.25) is 10.0 Å². The molecule has 0 saturated carbocycles. The van der Waals surface area contributed by atoms with E-state index < -0.39 is 0 Å². The van der Waals surface area contributed by atoms with E-state index in [1.165, 1.54) is 0 Å². The molecule has 19 heavy (non-hydrogen) atoms. The largest absolute Gasteiger partial charge is 0.478 e. The van der Waals surface area contributed by atoms with Crippen LogP contribution in [0.25, 0.3) is 0 Å². The van der Waals surface area contributed by atoms with Crippen molar-refractivity contribution in [3.05, 3.63) is 52.1 Å². The van der Waals surface area contributed by atoms with Crippen molar-refractivity contribution in [2.45, 2.75) is 13.5 Å². The molecule has 0 aliphatic rings. The molecular weight excluding hydrogens is 283 g/mol. The molecule has 1 aromatic carbocycles. The van der Waals surface area contributed by atoms with Crippen LogP contribution < -0.4 is 10.1 Å². The van der Waals surface area contributed by atoms with Crippen molar-refractivity contribution in [2.75, 3.05) is 11.9 Å². The van der Waals surface area contributed by atoms with Gasteiger partial charge in [-0.3, -0.25) is 0 Å². The Morgan fingerprint density at radius 1 is 1.21 bits per heavy atom. The highest BCUT2D eigenvalue weighted by Gasteiger charge is 2.02. The molecule has 0 bridgehead atoms. The third kappa shape index (κ3) is 4.01. The highest BCUT2D eigenvalue weighted by molar-refractivity contribution is 6.35. The van der Waals surface area contributed by atoms with Crippen molar-refractivity contribution < 1.29 is 4.74 Å². The number of hydrogen-bond acceptors (Lipinski definition) is 3. The van der Waals surface area contributed by atoms with Gasteiger partial charge in [-0.25, -0.2) is 4.98 Å². The first-order valence-electron chi connectivity index (χ1n) is 5.95. The van der Waals surface area contributed by atoms with Crippen molar-refractivity contribution in [1.82, 2.24) is 4.98 Å². The van der Waals surface area contributed by atoms with Gasteiger partial charge in [0.2, 0.25) is 5.88 Å². The maximum Gasteiger partial charge on any atom is 0.213 e. The van der Waals surface area contributed by atoms with Gasteiger partial charge in [0.1, 0.15) is 0 Å². The second-order valence-corrected chi connectivity index (χ2v) is 4.75. The molecule has 100 valence electrons. The van der Waals surface area contributed by atoms with Crippen LogP contribution in [-0.2, 0) is 6.54 Å². The maximum absolute atomic E-state index is 6.10. The minimum Gasteiger partial charge on any atom is -0.478 e. The maximum atomic E-state index is 6.10. The zero-order valence-electron chi connectivity index (χ0n) is 10.5. The van der Waals surface area contributed by atoms with Crippen LogP contribution in [0, 0.1) is 0 Å². The first-order chi connectivity index (χ1) is 9.19. The van der Waals surface area contributed by atoms with E-state index in [2.05, 4.69) is 10.3 Å². The molecule has 0 aliphatic heterocycles. The molecule has 0 spiro atoms. The van der Waals surface area contributed by atoms with Crippen LogP contribution in [0.4, 0.5) is 5.69 Å². The zero-order valence-corrected chi connectivity index (χ0v) is 12.0. The number of halogens is 2. The minimum absolute atomic E-state index is 0.611. The van der Waals surface area contributed by atoms with Crippen molar-refractivity contribution in [1.29, 1.82) is 0 Å². The number of pyridine rings is 1. The van der Waals surface area contributed by atoms with Crippen LogP contribution in [0.3, 0.4) is 0 Å². The molecule has 0 aliphatic carbocycles. The molecule has 5 heteroatoms. The summed E-state index contributed by atoms with van der Waals surface area (Å²) in [7, 11) is 0. The third-order valence-electron chi connectivity index (χ3n) is 2.53. The number of anilines is 1. The summed E-state index contributed by atoms with van der Waals surface area (Å²) in [5.41, 5.74) is 1.90. The van der Waals surface area contributed by atoms with Gasteiger partial charge in [0.15, 0.2) is 0 Å². The number of ether oxygens (including phenoxy) is 1. The summed E-state index contributed by atoms with van der Waals surface area (Å²) in [6.45, 7) is 3.15. The van der Waals surface area contributed by atoms with E-state index in [9.17, 15) is 0 Å². The van der Waals surface area contributed by atoms with Gasteiger partial charge in [0, 0.05) is 22.7 Å². The van der Waals surface area contributed by atoms with E-state index in [4.69, 9.17) is 27.9 Å². The molecule has 3 nitrogen and oxygen atoms in total. The molecule has 1 aromatic heterocycles. The summed E-state index contributed by atoms with van der Waals surface area (Å²) >= 11 is 12.0. The monoisotopic (exact) mass is 296 g/mol. The van der Waals surface area contributed by atoms with Gasteiger partial charge in [-0.2, -0.15) is 0 Å². The van der Waals surface area contributed by atoms with Crippen LogP contribution in [-0.4, -0.2) is 11.6 Å². The second kappa shape index (κ2) is 6.64. The lowest BCUT2D eigenvalue weighted by molar-refractivity contribution is 0.327. The Balaban J connectivity index is 1.98. The Hall–Kier alpha value is -1.45. The number of rotatable bonds is 5. The Morgan fingerprint density at radius 2 is 2.05 bits per heavy atom. The third-order valence-corrected chi connectivity index (χ3v) is 3.11. The predicted molar refractivity (Wildman–Crippen MR) is 79.2 cm³/mol. The Kier molecular flexibility index (Phi) is 4.88. The molecular formula is C14H14Cl2N2O. The van der Waals surface area contributed by atoms with E-state index in [1.807, 2.05) is 31.2 Å². The van der Waals surface area contributed by atoms with Crippen molar-refractivity contribution >= 4 is 28.9 Å². The molecule has 2 rings (SSSR count). The van der Waals surface area contributed by atoms with Gasteiger partial charge in [-0.05, 0) is 30.7 Å². The van der Waals surface area contributed by atoms with E-state index in [0.717, 1.165) is 11.3 Å². The zero-order chi connectivity index (χ0) is 13.7. The molecule has 0 atom stereocenters. The highest BCUT2D eigenvalue weighted by Crippen LogP contribution is 2.22. The molecule has 1 N–H and O–H groups in total.